The molecular weight excluding hydrogens is 252 g/mol. The molecule has 3 rings (SSSR count). The number of rotatable bonds is 3. The largest absolute Gasteiger partial charge is 0.364 e. The summed E-state index contributed by atoms with van der Waals surface area (Å²) in [4.78, 5) is 12.4. The summed E-state index contributed by atoms with van der Waals surface area (Å²) in [5, 5.41) is 18.4. The normalized spacial score (nSPS) is 17.6. The van der Waals surface area contributed by atoms with Crippen LogP contribution in [0, 0.1) is 5.92 Å². The molecule has 2 aromatic carbocycles. The second-order valence-electron chi connectivity index (χ2n) is 5.25. The van der Waals surface area contributed by atoms with Crippen molar-refractivity contribution in [1.29, 1.82) is 0 Å². The number of benzene rings is 2. The maximum atomic E-state index is 12.4. The van der Waals surface area contributed by atoms with Crippen LogP contribution in [-0.4, -0.2) is 16.0 Å². The summed E-state index contributed by atoms with van der Waals surface area (Å²) < 4.78 is 0. The number of hydrogen-bond donors (Lipinski definition) is 2. The van der Waals surface area contributed by atoms with Crippen molar-refractivity contribution >= 4 is 5.78 Å². The van der Waals surface area contributed by atoms with Crippen LogP contribution in [0.25, 0.3) is 0 Å². The molecule has 0 saturated carbocycles. The summed E-state index contributed by atoms with van der Waals surface area (Å²) in [6, 6.07) is 15.0. The molecule has 1 aliphatic carbocycles. The smallest absolute Gasteiger partial charge is 0.178 e. The molecule has 1 unspecified atom stereocenters. The Morgan fingerprint density at radius 2 is 1.85 bits per heavy atom. The molecule has 20 heavy (non-hydrogen) atoms. The Hall–Kier alpha value is -1.97. The molecule has 3 heteroatoms. The Morgan fingerprint density at radius 3 is 2.55 bits per heavy atom. The minimum Gasteiger partial charge on any atom is -0.364 e. The molecule has 1 atom stereocenters. The maximum absolute atomic E-state index is 12.4. The van der Waals surface area contributed by atoms with E-state index in [1.165, 1.54) is 0 Å². The van der Waals surface area contributed by atoms with Gasteiger partial charge >= 0.3 is 0 Å². The molecule has 2 N–H and O–H groups in total. The Bertz CT molecular complexity index is 632. The number of ketones is 1. The van der Waals surface area contributed by atoms with Crippen molar-refractivity contribution in [3.8, 4) is 0 Å². The van der Waals surface area contributed by atoms with E-state index in [4.69, 9.17) is 0 Å². The highest BCUT2D eigenvalue weighted by molar-refractivity contribution is 6.02. The monoisotopic (exact) mass is 268 g/mol. The average molecular weight is 268 g/mol. The first-order valence-electron chi connectivity index (χ1n) is 6.72. The van der Waals surface area contributed by atoms with Gasteiger partial charge in [-0.2, -0.15) is 0 Å². The van der Waals surface area contributed by atoms with Crippen molar-refractivity contribution in [2.45, 2.75) is 19.1 Å². The van der Waals surface area contributed by atoms with Gasteiger partial charge in [0.15, 0.2) is 12.1 Å². The van der Waals surface area contributed by atoms with Crippen molar-refractivity contribution in [1.82, 2.24) is 0 Å². The van der Waals surface area contributed by atoms with E-state index in [9.17, 15) is 15.0 Å². The van der Waals surface area contributed by atoms with Crippen LogP contribution < -0.4 is 0 Å². The van der Waals surface area contributed by atoms with Crippen LogP contribution in [0.15, 0.2) is 48.5 Å². The molecule has 0 aromatic heterocycles. The van der Waals surface area contributed by atoms with Gasteiger partial charge in [-0.3, -0.25) is 4.79 Å². The van der Waals surface area contributed by atoms with Crippen molar-refractivity contribution in [3.63, 3.8) is 0 Å². The van der Waals surface area contributed by atoms with E-state index in [1.54, 1.807) is 18.2 Å². The van der Waals surface area contributed by atoms with Gasteiger partial charge in [0.05, 0.1) is 0 Å². The van der Waals surface area contributed by atoms with Crippen LogP contribution in [-0.2, 0) is 12.8 Å². The Balaban J connectivity index is 1.83. The third-order valence-corrected chi connectivity index (χ3v) is 3.85. The number of fused-ring (bicyclic) bond motifs is 1. The van der Waals surface area contributed by atoms with Crippen LogP contribution in [0.2, 0.25) is 0 Å². The zero-order chi connectivity index (χ0) is 14.1. The van der Waals surface area contributed by atoms with Gasteiger partial charge in [0, 0.05) is 17.0 Å². The van der Waals surface area contributed by atoms with E-state index in [0.717, 1.165) is 23.1 Å². The fourth-order valence-corrected chi connectivity index (χ4v) is 2.83. The quantitative estimate of drug-likeness (QED) is 0.840. The number of aliphatic hydroxyl groups excluding tert-OH is 1. The second kappa shape index (κ2) is 5.19. The van der Waals surface area contributed by atoms with Gasteiger partial charge in [0.1, 0.15) is 0 Å². The highest BCUT2D eigenvalue weighted by Gasteiger charge is 2.30. The van der Waals surface area contributed by atoms with Crippen LogP contribution >= 0.6 is 0 Å². The first-order valence-corrected chi connectivity index (χ1v) is 6.72. The topological polar surface area (TPSA) is 57.5 Å². The Morgan fingerprint density at radius 1 is 1.10 bits per heavy atom. The van der Waals surface area contributed by atoms with Crippen LogP contribution in [0.4, 0.5) is 0 Å². The van der Waals surface area contributed by atoms with E-state index in [0.29, 0.717) is 12.0 Å². The number of carbonyl (C=O) groups excluding carboxylic acids is 1. The third-order valence-electron chi connectivity index (χ3n) is 3.85. The molecular formula is C17H16O3. The van der Waals surface area contributed by atoms with Crippen molar-refractivity contribution in [2.75, 3.05) is 0 Å². The molecule has 0 radical (unpaired) electrons. The number of carbonyl (C=O) groups is 1. The summed E-state index contributed by atoms with van der Waals surface area (Å²) in [5.41, 5.74) is 3.23. The fourth-order valence-electron chi connectivity index (χ4n) is 2.83. The number of Topliss-reactive ketones (excluding diaryl/α,β-unsaturated/α-hetero) is 1. The summed E-state index contributed by atoms with van der Waals surface area (Å²) in [6.45, 7) is 0. The van der Waals surface area contributed by atoms with E-state index >= 15 is 0 Å². The Kier molecular flexibility index (Phi) is 3.38. The van der Waals surface area contributed by atoms with Crippen LogP contribution in [0.5, 0.6) is 0 Å². The molecule has 0 amide bonds. The Labute approximate surface area is 117 Å². The molecule has 3 nitrogen and oxygen atoms in total. The van der Waals surface area contributed by atoms with E-state index in [1.807, 2.05) is 30.3 Å². The van der Waals surface area contributed by atoms with Crippen LogP contribution in [0.3, 0.4) is 0 Å². The summed E-state index contributed by atoms with van der Waals surface area (Å²) in [5.74, 6) is 0.112. The molecule has 102 valence electrons. The minimum atomic E-state index is -1.48. The first kappa shape index (κ1) is 13.0. The van der Waals surface area contributed by atoms with Gasteiger partial charge in [-0.1, -0.05) is 48.5 Å². The standard InChI is InChI=1S/C17H16O3/c18-16-14(8-11-4-2-1-3-5-11)10-13-9-12(17(19)20)6-7-15(13)16/h1-7,9,14,17,19-20H,8,10H2. The predicted octanol–water partition coefficient (Wildman–Crippen LogP) is 2.27. The summed E-state index contributed by atoms with van der Waals surface area (Å²) >= 11 is 0. The predicted molar refractivity (Wildman–Crippen MR) is 75.3 cm³/mol. The van der Waals surface area contributed by atoms with Crippen molar-refractivity contribution in [3.05, 3.63) is 70.8 Å². The van der Waals surface area contributed by atoms with Crippen molar-refractivity contribution in [2.24, 2.45) is 5.92 Å². The highest BCUT2D eigenvalue weighted by atomic mass is 16.5. The summed E-state index contributed by atoms with van der Waals surface area (Å²) in [7, 11) is 0. The SMILES string of the molecule is O=C1c2ccc(C(O)O)cc2CC1Cc1ccccc1. The minimum absolute atomic E-state index is 0.0431. The average Bonchev–Trinajstić information content (AvgIpc) is 2.76. The zero-order valence-electron chi connectivity index (χ0n) is 11.0. The molecule has 0 fully saturated rings. The van der Waals surface area contributed by atoms with Gasteiger partial charge in [0.2, 0.25) is 0 Å². The lowest BCUT2D eigenvalue weighted by Gasteiger charge is -2.07. The lowest BCUT2D eigenvalue weighted by Crippen LogP contribution is -2.12. The van der Waals surface area contributed by atoms with Gasteiger partial charge < -0.3 is 10.2 Å². The molecule has 0 heterocycles. The maximum Gasteiger partial charge on any atom is 0.178 e. The lowest BCUT2D eigenvalue weighted by atomic mass is 9.96. The molecule has 0 bridgehead atoms. The van der Waals surface area contributed by atoms with E-state index in [-0.39, 0.29) is 11.7 Å². The number of aliphatic hydroxyl groups is 2. The fraction of sp³-hybridized carbons (Fsp3) is 0.235. The van der Waals surface area contributed by atoms with Gasteiger partial charge in [-0.05, 0) is 24.0 Å². The third kappa shape index (κ3) is 2.38. The highest BCUT2D eigenvalue weighted by Crippen LogP contribution is 2.30. The first-order chi connectivity index (χ1) is 9.65. The molecule has 1 aliphatic rings. The summed E-state index contributed by atoms with van der Waals surface area (Å²) in [6.07, 6.45) is -0.0850. The molecule has 0 aliphatic heterocycles. The molecule has 0 spiro atoms. The molecule has 0 saturated heterocycles. The van der Waals surface area contributed by atoms with Gasteiger partial charge in [-0.15, -0.1) is 0 Å². The molecule has 2 aromatic rings. The lowest BCUT2D eigenvalue weighted by molar-refractivity contribution is -0.0425. The zero-order valence-corrected chi connectivity index (χ0v) is 11.0. The van der Waals surface area contributed by atoms with E-state index < -0.39 is 6.29 Å². The van der Waals surface area contributed by atoms with Gasteiger partial charge in [0.25, 0.3) is 0 Å². The number of hydrogen-bond acceptors (Lipinski definition) is 3. The second-order valence-corrected chi connectivity index (χ2v) is 5.25. The van der Waals surface area contributed by atoms with Crippen molar-refractivity contribution < 1.29 is 15.0 Å². The van der Waals surface area contributed by atoms with Gasteiger partial charge in [-0.25, -0.2) is 0 Å². The van der Waals surface area contributed by atoms with Crippen LogP contribution in [0.1, 0.15) is 33.3 Å². The van der Waals surface area contributed by atoms with E-state index in [2.05, 4.69) is 0 Å².